The Bertz CT molecular complexity index is 1050. The van der Waals surface area contributed by atoms with E-state index in [4.69, 9.17) is 4.37 Å². The molecule has 154 valence electrons. The van der Waals surface area contributed by atoms with E-state index in [-0.39, 0.29) is 11.8 Å². The summed E-state index contributed by atoms with van der Waals surface area (Å²) in [7, 11) is 0. The standard InChI is InChI=1S/C24H25N3O2S/c28-23-18-7-1-2-8-19(18)24(29)27(23)14-6-5-13-26-15-11-17(12-16-26)22-20-9-3-4-10-21(20)30-25-22/h1-4,7-10,17H,5-6,11-16H2. The molecule has 1 aromatic heterocycles. The van der Waals surface area contributed by atoms with Gasteiger partial charge in [-0.1, -0.05) is 30.3 Å². The van der Waals surface area contributed by atoms with Crippen LogP contribution >= 0.6 is 11.5 Å². The first-order valence-corrected chi connectivity index (χ1v) is 11.5. The summed E-state index contributed by atoms with van der Waals surface area (Å²) in [6, 6.07) is 15.6. The maximum Gasteiger partial charge on any atom is 0.261 e. The predicted molar refractivity (Wildman–Crippen MR) is 119 cm³/mol. The maximum atomic E-state index is 12.4. The van der Waals surface area contributed by atoms with Crippen LogP contribution in [0.1, 0.15) is 58.0 Å². The average molecular weight is 420 g/mol. The minimum Gasteiger partial charge on any atom is -0.303 e. The van der Waals surface area contributed by atoms with Crippen LogP contribution in [0.5, 0.6) is 0 Å². The summed E-state index contributed by atoms with van der Waals surface area (Å²) in [4.78, 5) is 28.8. The number of piperidine rings is 1. The van der Waals surface area contributed by atoms with Crippen molar-refractivity contribution in [2.24, 2.45) is 0 Å². The van der Waals surface area contributed by atoms with Gasteiger partial charge in [0.05, 0.1) is 21.5 Å². The number of carbonyl (C=O) groups is 2. The molecule has 0 atom stereocenters. The molecule has 0 radical (unpaired) electrons. The largest absolute Gasteiger partial charge is 0.303 e. The number of imide groups is 1. The van der Waals surface area contributed by atoms with E-state index in [2.05, 4.69) is 29.2 Å². The van der Waals surface area contributed by atoms with Crippen LogP contribution in [0.3, 0.4) is 0 Å². The predicted octanol–water partition coefficient (Wildman–Crippen LogP) is 4.55. The van der Waals surface area contributed by atoms with E-state index < -0.39 is 0 Å². The molecule has 3 aromatic rings. The summed E-state index contributed by atoms with van der Waals surface area (Å²) in [5.74, 6) is 0.259. The van der Waals surface area contributed by atoms with Gasteiger partial charge in [-0.2, -0.15) is 4.37 Å². The summed E-state index contributed by atoms with van der Waals surface area (Å²) in [6.45, 7) is 3.70. The topological polar surface area (TPSA) is 53.5 Å². The van der Waals surface area contributed by atoms with Crippen LogP contribution in [-0.2, 0) is 0 Å². The lowest BCUT2D eigenvalue weighted by atomic mass is 9.91. The Morgan fingerprint density at radius 2 is 1.50 bits per heavy atom. The van der Waals surface area contributed by atoms with E-state index >= 15 is 0 Å². The number of fused-ring (bicyclic) bond motifs is 2. The number of nitrogens with zero attached hydrogens (tertiary/aromatic N) is 3. The number of unbranched alkanes of at least 4 members (excludes halogenated alkanes) is 1. The van der Waals surface area contributed by atoms with Crippen molar-refractivity contribution in [3.63, 3.8) is 0 Å². The first-order chi connectivity index (χ1) is 14.7. The van der Waals surface area contributed by atoms with Gasteiger partial charge in [-0.25, -0.2) is 0 Å². The van der Waals surface area contributed by atoms with Gasteiger partial charge in [0, 0.05) is 17.8 Å². The Labute approximate surface area is 180 Å². The third kappa shape index (κ3) is 3.55. The SMILES string of the molecule is O=C1c2ccccc2C(=O)N1CCCCN1CCC(c2nsc3ccccc23)CC1. The molecule has 0 N–H and O–H groups in total. The van der Waals surface area contributed by atoms with Crippen LogP contribution in [0.25, 0.3) is 10.1 Å². The molecule has 3 heterocycles. The summed E-state index contributed by atoms with van der Waals surface area (Å²) in [6.07, 6.45) is 4.14. The minimum atomic E-state index is -0.146. The van der Waals surface area contributed by atoms with Gasteiger partial charge in [-0.15, -0.1) is 0 Å². The van der Waals surface area contributed by atoms with E-state index in [0.29, 0.717) is 23.6 Å². The molecule has 2 amide bonds. The Morgan fingerprint density at radius 3 is 2.23 bits per heavy atom. The van der Waals surface area contributed by atoms with Gasteiger partial charge in [-0.05, 0) is 75.0 Å². The van der Waals surface area contributed by atoms with Crippen LogP contribution < -0.4 is 0 Å². The molecule has 0 spiro atoms. The number of likely N-dealkylation sites (tertiary alicyclic amines) is 1. The minimum absolute atomic E-state index is 0.146. The number of hydrogen-bond acceptors (Lipinski definition) is 5. The number of benzene rings is 2. The lowest BCUT2D eigenvalue weighted by molar-refractivity contribution is 0.0649. The Kier molecular flexibility index (Phi) is 5.35. The van der Waals surface area contributed by atoms with Gasteiger partial charge in [-0.3, -0.25) is 14.5 Å². The third-order valence-corrected chi connectivity index (χ3v) is 7.20. The van der Waals surface area contributed by atoms with Crippen molar-refractivity contribution >= 4 is 33.4 Å². The highest BCUT2D eigenvalue weighted by Crippen LogP contribution is 2.34. The van der Waals surface area contributed by atoms with Crippen molar-refractivity contribution in [3.05, 3.63) is 65.4 Å². The van der Waals surface area contributed by atoms with Gasteiger partial charge < -0.3 is 4.90 Å². The molecule has 5 rings (SSSR count). The van der Waals surface area contributed by atoms with Gasteiger partial charge >= 0.3 is 0 Å². The van der Waals surface area contributed by atoms with E-state index in [1.165, 1.54) is 20.7 Å². The molecule has 5 nitrogen and oxygen atoms in total. The van der Waals surface area contributed by atoms with E-state index in [1.807, 2.05) is 12.1 Å². The lowest BCUT2D eigenvalue weighted by Gasteiger charge is -2.31. The summed E-state index contributed by atoms with van der Waals surface area (Å²) < 4.78 is 6.03. The molecule has 1 fully saturated rings. The molecule has 30 heavy (non-hydrogen) atoms. The van der Waals surface area contributed by atoms with Crippen molar-refractivity contribution in [1.82, 2.24) is 14.2 Å². The second kappa shape index (κ2) is 8.28. The molecular formula is C24H25N3O2S. The number of amides is 2. The third-order valence-electron chi connectivity index (χ3n) is 6.36. The van der Waals surface area contributed by atoms with Crippen LogP contribution in [0.2, 0.25) is 0 Å². The molecule has 0 aliphatic carbocycles. The Hall–Kier alpha value is -2.57. The molecule has 0 bridgehead atoms. The smallest absolute Gasteiger partial charge is 0.261 e. The molecule has 2 aliphatic heterocycles. The van der Waals surface area contributed by atoms with Crippen LogP contribution in [0.15, 0.2) is 48.5 Å². The fourth-order valence-electron chi connectivity index (χ4n) is 4.68. The van der Waals surface area contributed by atoms with E-state index in [1.54, 1.807) is 23.7 Å². The van der Waals surface area contributed by atoms with Gasteiger partial charge in [0.15, 0.2) is 0 Å². The van der Waals surface area contributed by atoms with E-state index in [9.17, 15) is 9.59 Å². The van der Waals surface area contributed by atoms with Crippen LogP contribution in [0, 0.1) is 0 Å². The second-order valence-corrected chi connectivity index (χ2v) is 9.00. The lowest BCUT2D eigenvalue weighted by Crippen LogP contribution is -2.35. The molecule has 0 unspecified atom stereocenters. The maximum absolute atomic E-state index is 12.4. The molecule has 1 saturated heterocycles. The van der Waals surface area contributed by atoms with Gasteiger partial charge in [0.1, 0.15) is 0 Å². The molecular weight excluding hydrogens is 394 g/mol. The van der Waals surface area contributed by atoms with Gasteiger partial charge in [0.2, 0.25) is 0 Å². The monoisotopic (exact) mass is 419 g/mol. The fraction of sp³-hybridized carbons (Fsp3) is 0.375. The Balaban J connectivity index is 1.08. The fourth-order valence-corrected chi connectivity index (χ4v) is 5.53. The van der Waals surface area contributed by atoms with Crippen LogP contribution in [0.4, 0.5) is 0 Å². The molecule has 2 aliphatic rings. The molecule has 6 heteroatoms. The summed E-state index contributed by atoms with van der Waals surface area (Å²) in [5, 5.41) is 1.32. The highest BCUT2D eigenvalue weighted by Gasteiger charge is 2.34. The molecule has 0 saturated carbocycles. The van der Waals surface area contributed by atoms with Crippen LogP contribution in [-0.4, -0.2) is 52.2 Å². The number of hydrogen-bond donors (Lipinski definition) is 0. The van der Waals surface area contributed by atoms with Crippen molar-refractivity contribution in [3.8, 4) is 0 Å². The van der Waals surface area contributed by atoms with Crippen molar-refractivity contribution in [1.29, 1.82) is 0 Å². The van der Waals surface area contributed by atoms with Crippen molar-refractivity contribution in [2.45, 2.75) is 31.6 Å². The summed E-state index contributed by atoms with van der Waals surface area (Å²) >= 11 is 1.61. The zero-order valence-corrected chi connectivity index (χ0v) is 17.7. The number of carbonyl (C=O) groups excluding carboxylic acids is 2. The first-order valence-electron chi connectivity index (χ1n) is 10.7. The highest BCUT2D eigenvalue weighted by molar-refractivity contribution is 7.13. The second-order valence-electron chi connectivity index (χ2n) is 8.19. The van der Waals surface area contributed by atoms with Crippen molar-refractivity contribution < 1.29 is 9.59 Å². The summed E-state index contributed by atoms with van der Waals surface area (Å²) in [5.41, 5.74) is 2.36. The van der Waals surface area contributed by atoms with E-state index in [0.717, 1.165) is 45.3 Å². The Morgan fingerprint density at radius 1 is 0.867 bits per heavy atom. The normalized spacial score (nSPS) is 17.8. The zero-order chi connectivity index (χ0) is 20.5. The van der Waals surface area contributed by atoms with Gasteiger partial charge in [0.25, 0.3) is 11.8 Å². The highest BCUT2D eigenvalue weighted by atomic mass is 32.1. The molecule has 2 aromatic carbocycles. The zero-order valence-electron chi connectivity index (χ0n) is 16.9. The quantitative estimate of drug-likeness (QED) is 0.434. The first kappa shape index (κ1) is 19.4. The number of aromatic nitrogens is 1. The number of rotatable bonds is 6. The van der Waals surface area contributed by atoms with Crippen molar-refractivity contribution in [2.75, 3.05) is 26.2 Å². The average Bonchev–Trinajstić information content (AvgIpc) is 3.32.